The predicted molar refractivity (Wildman–Crippen MR) is 51.9 cm³/mol. The van der Waals surface area contributed by atoms with Gasteiger partial charge in [0.2, 0.25) is 0 Å². The molecule has 0 atom stereocenters. The molecule has 11 heavy (non-hydrogen) atoms. The fourth-order valence-corrected chi connectivity index (χ4v) is 0.697. The first-order valence-electron chi connectivity index (χ1n) is 2.75. The molecule has 0 aliphatic carbocycles. The van der Waals surface area contributed by atoms with Crippen molar-refractivity contribution in [3.63, 3.8) is 0 Å². The molecular weight excluding hydrogens is 182 g/mol. The summed E-state index contributed by atoms with van der Waals surface area (Å²) in [7, 11) is 0. The van der Waals surface area contributed by atoms with Crippen molar-refractivity contribution in [3.8, 4) is 0 Å². The second kappa shape index (κ2) is 4.87. The Balaban J connectivity index is 0.000001000. The van der Waals surface area contributed by atoms with Gasteiger partial charge < -0.3 is 11.1 Å². The van der Waals surface area contributed by atoms with Gasteiger partial charge in [-0.3, -0.25) is 4.98 Å². The highest BCUT2D eigenvalue weighted by Gasteiger charge is 1.88. The zero-order valence-electron chi connectivity index (χ0n) is 5.65. The molecule has 0 aliphatic rings. The maximum absolute atomic E-state index is 5.22. The summed E-state index contributed by atoms with van der Waals surface area (Å²) in [5.74, 6) is 0. The maximum Gasteiger partial charge on any atom is 0.168 e. The highest BCUT2D eigenvalue weighted by Crippen LogP contribution is 2.00. The Morgan fingerprint density at radius 3 is 2.82 bits per heavy atom. The Labute approximate surface area is 76.4 Å². The maximum atomic E-state index is 5.22. The fraction of sp³-hybridized carbons (Fsp3) is 0. The zero-order valence-corrected chi connectivity index (χ0v) is 7.28. The lowest BCUT2D eigenvalue weighted by atomic mass is 10.4. The first kappa shape index (κ1) is 10.1. The van der Waals surface area contributed by atoms with E-state index in [1.165, 1.54) is 0 Å². The molecule has 0 spiro atoms. The van der Waals surface area contributed by atoms with Gasteiger partial charge in [-0.1, -0.05) is 0 Å². The number of nitrogens with zero attached hydrogens (tertiary/aromatic N) is 1. The number of aromatic nitrogens is 1. The normalized spacial score (nSPS) is 8.00. The van der Waals surface area contributed by atoms with Crippen LogP contribution in [0.5, 0.6) is 0 Å². The molecule has 0 amide bonds. The van der Waals surface area contributed by atoms with Gasteiger partial charge in [-0.15, -0.1) is 12.4 Å². The minimum atomic E-state index is 0. The largest absolute Gasteiger partial charge is 0.376 e. The van der Waals surface area contributed by atoms with Crippen molar-refractivity contribution in [3.05, 3.63) is 24.5 Å². The SMILES string of the molecule is Cl.NC(=S)Nc1cccnc1. The van der Waals surface area contributed by atoms with Gasteiger partial charge in [0.25, 0.3) is 0 Å². The third kappa shape index (κ3) is 3.75. The molecule has 1 aromatic rings. The van der Waals surface area contributed by atoms with Crippen LogP contribution in [0.1, 0.15) is 0 Å². The van der Waals surface area contributed by atoms with Crippen LogP contribution in [0.3, 0.4) is 0 Å². The Hall–Kier alpha value is -0.870. The average Bonchev–Trinajstić information content (AvgIpc) is 1.88. The number of thiocarbonyl (C=S) groups is 1. The molecule has 60 valence electrons. The molecule has 0 saturated carbocycles. The molecule has 3 nitrogen and oxygen atoms in total. The molecule has 1 rings (SSSR count). The summed E-state index contributed by atoms with van der Waals surface area (Å²) >= 11 is 4.62. The van der Waals surface area contributed by atoms with Crippen LogP contribution in [0.15, 0.2) is 24.5 Å². The summed E-state index contributed by atoms with van der Waals surface area (Å²) in [4.78, 5) is 3.86. The van der Waals surface area contributed by atoms with Crippen LogP contribution in [-0.2, 0) is 0 Å². The zero-order chi connectivity index (χ0) is 7.40. The van der Waals surface area contributed by atoms with E-state index in [1.807, 2.05) is 6.07 Å². The van der Waals surface area contributed by atoms with E-state index in [-0.39, 0.29) is 17.5 Å². The van der Waals surface area contributed by atoms with Crippen molar-refractivity contribution >= 4 is 35.4 Å². The van der Waals surface area contributed by atoms with E-state index in [0.29, 0.717) is 0 Å². The lowest BCUT2D eigenvalue weighted by Gasteiger charge is -1.99. The minimum absolute atomic E-state index is 0. The summed E-state index contributed by atoms with van der Waals surface area (Å²) in [5, 5.41) is 3.01. The fourth-order valence-electron chi connectivity index (χ4n) is 0.579. The quantitative estimate of drug-likeness (QED) is 0.651. The summed E-state index contributed by atoms with van der Waals surface area (Å²) in [6, 6.07) is 3.65. The van der Waals surface area contributed by atoms with Crippen molar-refractivity contribution in [2.75, 3.05) is 5.32 Å². The van der Waals surface area contributed by atoms with Gasteiger partial charge in [0.05, 0.1) is 11.9 Å². The van der Waals surface area contributed by atoms with E-state index in [4.69, 9.17) is 5.73 Å². The number of hydrogen-bond acceptors (Lipinski definition) is 2. The van der Waals surface area contributed by atoms with E-state index in [0.717, 1.165) is 5.69 Å². The van der Waals surface area contributed by atoms with Crippen LogP contribution in [0.4, 0.5) is 5.69 Å². The highest BCUT2D eigenvalue weighted by atomic mass is 35.5. The molecule has 0 aliphatic heterocycles. The number of rotatable bonds is 1. The molecule has 1 aromatic heterocycles. The van der Waals surface area contributed by atoms with Gasteiger partial charge in [-0.2, -0.15) is 0 Å². The van der Waals surface area contributed by atoms with E-state index in [2.05, 4.69) is 22.5 Å². The van der Waals surface area contributed by atoms with Gasteiger partial charge in [-0.25, -0.2) is 0 Å². The van der Waals surface area contributed by atoms with E-state index < -0.39 is 0 Å². The summed E-state index contributed by atoms with van der Waals surface area (Å²) in [6.07, 6.45) is 3.34. The molecule has 0 aromatic carbocycles. The number of nitrogens with two attached hydrogens (primary N) is 1. The smallest absolute Gasteiger partial charge is 0.168 e. The minimum Gasteiger partial charge on any atom is -0.376 e. The Bertz CT molecular complexity index is 227. The molecule has 0 radical (unpaired) electrons. The number of nitrogens with one attached hydrogen (secondary N) is 1. The second-order valence-electron chi connectivity index (χ2n) is 1.73. The van der Waals surface area contributed by atoms with Crippen LogP contribution < -0.4 is 11.1 Å². The van der Waals surface area contributed by atoms with Crippen LogP contribution >= 0.6 is 24.6 Å². The lowest BCUT2D eigenvalue weighted by Crippen LogP contribution is -2.18. The third-order valence-corrected chi connectivity index (χ3v) is 1.03. The topological polar surface area (TPSA) is 50.9 Å². The monoisotopic (exact) mass is 189 g/mol. The first-order valence-corrected chi connectivity index (χ1v) is 3.16. The summed E-state index contributed by atoms with van der Waals surface area (Å²) in [6.45, 7) is 0. The number of halogens is 1. The molecule has 5 heteroatoms. The molecule has 1 heterocycles. The van der Waals surface area contributed by atoms with Crippen molar-refractivity contribution in [1.82, 2.24) is 4.98 Å². The van der Waals surface area contributed by atoms with E-state index >= 15 is 0 Å². The average molecular weight is 190 g/mol. The first-order chi connectivity index (χ1) is 4.79. The molecule has 0 unspecified atom stereocenters. The standard InChI is InChI=1S/C6H7N3S.ClH/c7-6(10)9-5-2-1-3-8-4-5;/h1-4H,(H3,7,9,10);1H. The Morgan fingerprint density at radius 1 is 1.64 bits per heavy atom. The van der Waals surface area contributed by atoms with Crippen molar-refractivity contribution in [1.29, 1.82) is 0 Å². The Kier molecular flexibility index (Phi) is 4.49. The predicted octanol–water partition coefficient (Wildman–Crippen LogP) is 1.16. The number of anilines is 1. The Morgan fingerprint density at radius 2 is 2.36 bits per heavy atom. The van der Waals surface area contributed by atoms with Gasteiger partial charge >= 0.3 is 0 Å². The van der Waals surface area contributed by atoms with Crippen LogP contribution in [0.25, 0.3) is 0 Å². The van der Waals surface area contributed by atoms with E-state index in [9.17, 15) is 0 Å². The summed E-state index contributed by atoms with van der Waals surface area (Å²) in [5.41, 5.74) is 6.03. The van der Waals surface area contributed by atoms with Gasteiger partial charge in [0.15, 0.2) is 5.11 Å². The van der Waals surface area contributed by atoms with Crippen LogP contribution in [-0.4, -0.2) is 10.1 Å². The lowest BCUT2D eigenvalue weighted by molar-refractivity contribution is 1.33. The summed E-state index contributed by atoms with van der Waals surface area (Å²) < 4.78 is 0. The molecule has 0 fully saturated rings. The number of hydrogen-bond donors (Lipinski definition) is 2. The molecule has 0 saturated heterocycles. The second-order valence-corrected chi connectivity index (χ2v) is 2.17. The van der Waals surface area contributed by atoms with Crippen molar-refractivity contribution in [2.24, 2.45) is 5.73 Å². The van der Waals surface area contributed by atoms with Crippen LogP contribution in [0.2, 0.25) is 0 Å². The number of pyridine rings is 1. The van der Waals surface area contributed by atoms with E-state index in [1.54, 1.807) is 18.5 Å². The van der Waals surface area contributed by atoms with Crippen molar-refractivity contribution < 1.29 is 0 Å². The molecular formula is C6H8ClN3S. The molecule has 3 N–H and O–H groups in total. The van der Waals surface area contributed by atoms with Gasteiger partial charge in [-0.05, 0) is 24.4 Å². The van der Waals surface area contributed by atoms with Crippen LogP contribution in [0, 0.1) is 0 Å². The van der Waals surface area contributed by atoms with Gasteiger partial charge in [0.1, 0.15) is 0 Å². The molecule has 0 bridgehead atoms. The van der Waals surface area contributed by atoms with Crippen molar-refractivity contribution in [2.45, 2.75) is 0 Å². The third-order valence-electron chi connectivity index (χ3n) is 0.929. The van der Waals surface area contributed by atoms with Gasteiger partial charge in [0, 0.05) is 6.20 Å². The highest BCUT2D eigenvalue weighted by molar-refractivity contribution is 7.80.